The Labute approximate surface area is 227 Å². The Morgan fingerprint density at radius 2 is 0.974 bits per heavy atom. The van der Waals surface area contributed by atoms with E-state index in [-0.39, 0.29) is 5.69 Å². The second kappa shape index (κ2) is 14.2. The summed E-state index contributed by atoms with van der Waals surface area (Å²) in [5.41, 5.74) is 3.04. The predicted octanol–water partition coefficient (Wildman–Crippen LogP) is 10.6. The lowest BCUT2D eigenvalue weighted by Crippen LogP contribution is -1.95. The molecule has 9 heteroatoms. The fourth-order valence-corrected chi connectivity index (χ4v) is 3.29. The van der Waals surface area contributed by atoms with E-state index in [2.05, 4.69) is 37.6 Å². The van der Waals surface area contributed by atoms with Gasteiger partial charge in [0, 0.05) is 6.07 Å². The number of halogens is 1. The van der Waals surface area contributed by atoms with Gasteiger partial charge in [-0.3, -0.25) is 0 Å². The van der Waals surface area contributed by atoms with Crippen LogP contribution in [0.2, 0.25) is 0 Å². The number of benzene rings is 4. The van der Waals surface area contributed by atoms with E-state index in [9.17, 15) is 4.39 Å². The smallest absolute Gasteiger partial charge is 0.152 e. The maximum Gasteiger partial charge on any atom is 0.152 e. The zero-order valence-electron chi connectivity index (χ0n) is 21.9. The third-order valence-electron chi connectivity index (χ3n) is 5.37. The zero-order chi connectivity index (χ0) is 27.3. The van der Waals surface area contributed by atoms with Crippen LogP contribution in [0.25, 0.3) is 0 Å². The molecule has 0 heterocycles. The molecule has 4 rings (SSSR count). The minimum atomic E-state index is -0.546. The van der Waals surface area contributed by atoms with Gasteiger partial charge in [0.05, 0.1) is 41.7 Å². The van der Waals surface area contributed by atoms with E-state index in [0.29, 0.717) is 41.7 Å². The fourth-order valence-electron chi connectivity index (χ4n) is 3.29. The molecule has 0 N–H and O–H groups in total. The SMILES string of the molecule is CCCCOc1ccc(N=Nc2ccc(N=Nc3ccc(N=Nc4ccc(OCC)cc4)cc3)c(F)c2)cc1. The van der Waals surface area contributed by atoms with Crippen LogP contribution in [-0.4, -0.2) is 13.2 Å². The molecule has 0 amide bonds. The monoisotopic (exact) mass is 524 g/mol. The average Bonchev–Trinajstić information content (AvgIpc) is 2.97. The molecule has 4 aromatic carbocycles. The molecule has 0 radical (unpaired) electrons. The molecule has 0 spiro atoms. The van der Waals surface area contributed by atoms with Crippen LogP contribution in [0.15, 0.2) is 122 Å². The van der Waals surface area contributed by atoms with Crippen molar-refractivity contribution in [3.8, 4) is 11.5 Å². The summed E-state index contributed by atoms with van der Waals surface area (Å²) < 4.78 is 25.6. The van der Waals surface area contributed by atoms with Crippen molar-refractivity contribution in [3.63, 3.8) is 0 Å². The summed E-state index contributed by atoms with van der Waals surface area (Å²) in [7, 11) is 0. The minimum absolute atomic E-state index is 0.0989. The summed E-state index contributed by atoms with van der Waals surface area (Å²) in [5, 5.41) is 24.8. The summed E-state index contributed by atoms with van der Waals surface area (Å²) in [6.45, 7) is 5.35. The molecule has 0 saturated carbocycles. The minimum Gasteiger partial charge on any atom is -0.494 e. The first-order valence-corrected chi connectivity index (χ1v) is 12.7. The van der Waals surface area contributed by atoms with Crippen LogP contribution < -0.4 is 9.47 Å². The van der Waals surface area contributed by atoms with Gasteiger partial charge >= 0.3 is 0 Å². The van der Waals surface area contributed by atoms with E-state index in [4.69, 9.17) is 9.47 Å². The normalized spacial score (nSPS) is 11.6. The molecule has 0 aliphatic rings. The number of unbranched alkanes of at least 4 members (excludes halogenated alkanes) is 1. The average molecular weight is 525 g/mol. The second-order valence-electron chi connectivity index (χ2n) is 8.37. The van der Waals surface area contributed by atoms with Crippen molar-refractivity contribution in [1.82, 2.24) is 0 Å². The van der Waals surface area contributed by atoms with E-state index in [1.165, 1.54) is 12.1 Å². The van der Waals surface area contributed by atoms with E-state index in [0.717, 1.165) is 24.3 Å². The van der Waals surface area contributed by atoms with Crippen LogP contribution in [0.1, 0.15) is 26.7 Å². The highest BCUT2D eigenvalue weighted by Gasteiger charge is 2.03. The molecule has 0 saturated heterocycles. The van der Waals surface area contributed by atoms with Gasteiger partial charge in [0.2, 0.25) is 0 Å². The van der Waals surface area contributed by atoms with Crippen LogP contribution >= 0.6 is 0 Å². The van der Waals surface area contributed by atoms with E-state index in [1.807, 2.05) is 43.3 Å². The fraction of sp³-hybridized carbons (Fsp3) is 0.200. The molecule has 0 fully saturated rings. The number of nitrogens with zero attached hydrogens (tertiary/aromatic N) is 6. The zero-order valence-corrected chi connectivity index (χ0v) is 21.9. The quantitative estimate of drug-likeness (QED) is 0.136. The number of azo groups is 3. The molecule has 39 heavy (non-hydrogen) atoms. The Morgan fingerprint density at radius 3 is 1.46 bits per heavy atom. The van der Waals surface area contributed by atoms with Crippen molar-refractivity contribution in [2.75, 3.05) is 13.2 Å². The van der Waals surface area contributed by atoms with E-state index >= 15 is 0 Å². The van der Waals surface area contributed by atoms with Gasteiger partial charge in [-0.05, 0) is 98.3 Å². The number of hydrogen-bond acceptors (Lipinski definition) is 8. The lowest BCUT2D eigenvalue weighted by atomic mass is 10.3. The second-order valence-corrected chi connectivity index (χ2v) is 8.37. The molecule has 0 aromatic heterocycles. The van der Waals surface area contributed by atoms with Gasteiger partial charge in [0.1, 0.15) is 17.2 Å². The van der Waals surface area contributed by atoms with Gasteiger partial charge in [-0.25, -0.2) is 4.39 Å². The molecule has 0 aliphatic heterocycles. The molecular weight excluding hydrogens is 495 g/mol. The van der Waals surface area contributed by atoms with Crippen molar-refractivity contribution >= 4 is 34.1 Å². The Hall–Kier alpha value is -4.79. The Kier molecular flexibility index (Phi) is 9.94. The van der Waals surface area contributed by atoms with Crippen LogP contribution in [0, 0.1) is 5.82 Å². The highest BCUT2D eigenvalue weighted by atomic mass is 19.1. The highest BCUT2D eigenvalue weighted by molar-refractivity contribution is 5.51. The first-order chi connectivity index (χ1) is 19.1. The first-order valence-electron chi connectivity index (χ1n) is 12.7. The van der Waals surface area contributed by atoms with Gasteiger partial charge in [-0.1, -0.05) is 13.3 Å². The Bertz CT molecular complexity index is 1420. The highest BCUT2D eigenvalue weighted by Crippen LogP contribution is 2.28. The molecule has 0 bridgehead atoms. The van der Waals surface area contributed by atoms with Crippen LogP contribution in [0.4, 0.5) is 38.5 Å². The maximum atomic E-state index is 14.6. The maximum absolute atomic E-state index is 14.6. The van der Waals surface area contributed by atoms with Crippen LogP contribution in [0.5, 0.6) is 11.5 Å². The van der Waals surface area contributed by atoms with Crippen molar-refractivity contribution in [2.24, 2.45) is 30.7 Å². The summed E-state index contributed by atoms with van der Waals surface area (Å²) in [6.07, 6.45) is 2.09. The molecule has 8 nitrogen and oxygen atoms in total. The standard InChI is InChI=1S/C30H29FN6O2/c1-3-5-20-39-28-17-12-25(13-18-28)34-36-26-14-19-30(29(31)21-26)37-35-23-8-6-22(7-9-23)32-33-24-10-15-27(16-11-24)38-4-2/h6-19,21H,3-5,20H2,1-2H3. The lowest BCUT2D eigenvalue weighted by Gasteiger charge is -2.04. The van der Waals surface area contributed by atoms with Crippen molar-refractivity contribution in [2.45, 2.75) is 26.7 Å². The number of ether oxygens (including phenoxy) is 2. The number of hydrogen-bond donors (Lipinski definition) is 0. The Balaban J connectivity index is 1.32. The van der Waals surface area contributed by atoms with Gasteiger partial charge in [0.25, 0.3) is 0 Å². The number of rotatable bonds is 12. The van der Waals surface area contributed by atoms with E-state index in [1.54, 1.807) is 42.5 Å². The Morgan fingerprint density at radius 1 is 0.538 bits per heavy atom. The predicted molar refractivity (Wildman–Crippen MR) is 150 cm³/mol. The van der Waals surface area contributed by atoms with Crippen molar-refractivity contribution < 1.29 is 13.9 Å². The third kappa shape index (κ3) is 8.63. The largest absolute Gasteiger partial charge is 0.494 e. The molecular formula is C30H29FN6O2. The van der Waals surface area contributed by atoms with Gasteiger partial charge < -0.3 is 9.47 Å². The summed E-state index contributed by atoms with van der Waals surface area (Å²) in [5.74, 6) is 1.03. The summed E-state index contributed by atoms with van der Waals surface area (Å²) >= 11 is 0. The first kappa shape index (κ1) is 27.3. The molecule has 198 valence electrons. The van der Waals surface area contributed by atoms with Gasteiger partial charge in [0.15, 0.2) is 5.82 Å². The molecule has 0 aliphatic carbocycles. The van der Waals surface area contributed by atoms with Crippen LogP contribution in [-0.2, 0) is 0 Å². The van der Waals surface area contributed by atoms with Gasteiger partial charge in [-0.2, -0.15) is 25.6 Å². The summed E-state index contributed by atoms with van der Waals surface area (Å²) in [6, 6.07) is 26.0. The van der Waals surface area contributed by atoms with Crippen molar-refractivity contribution in [3.05, 3.63) is 96.8 Å². The molecule has 0 unspecified atom stereocenters. The molecule has 4 aromatic rings. The topological polar surface area (TPSA) is 92.6 Å². The summed E-state index contributed by atoms with van der Waals surface area (Å²) in [4.78, 5) is 0. The molecule has 0 atom stereocenters. The van der Waals surface area contributed by atoms with Crippen molar-refractivity contribution in [1.29, 1.82) is 0 Å². The lowest BCUT2D eigenvalue weighted by molar-refractivity contribution is 0.309. The van der Waals surface area contributed by atoms with Crippen LogP contribution in [0.3, 0.4) is 0 Å². The van der Waals surface area contributed by atoms with E-state index < -0.39 is 5.82 Å². The third-order valence-corrected chi connectivity index (χ3v) is 5.37. The van der Waals surface area contributed by atoms with Gasteiger partial charge in [-0.15, -0.1) is 5.11 Å².